The van der Waals surface area contributed by atoms with Crippen LogP contribution in [-0.2, 0) is 22.6 Å². The number of carbonyl (C=O) groups excluding carboxylic acids is 2. The van der Waals surface area contributed by atoms with Crippen molar-refractivity contribution in [2.45, 2.75) is 13.0 Å². The highest BCUT2D eigenvalue weighted by atomic mass is 35.5. The molecule has 0 aliphatic rings. The van der Waals surface area contributed by atoms with Crippen LogP contribution in [0.25, 0.3) is 6.08 Å². The second kappa shape index (κ2) is 9.82. The molecule has 0 atom stereocenters. The van der Waals surface area contributed by atoms with Crippen LogP contribution in [0.15, 0.2) is 66.1 Å². The summed E-state index contributed by atoms with van der Waals surface area (Å²) in [7, 11) is 0. The van der Waals surface area contributed by atoms with Crippen molar-refractivity contribution in [1.82, 2.24) is 10.3 Å². The minimum Gasteiger partial charge on any atom is -0.352 e. The van der Waals surface area contributed by atoms with E-state index in [-0.39, 0.29) is 18.2 Å². The van der Waals surface area contributed by atoms with E-state index in [0.29, 0.717) is 22.4 Å². The zero-order valence-electron chi connectivity index (χ0n) is 14.9. The van der Waals surface area contributed by atoms with Crippen LogP contribution in [0.3, 0.4) is 0 Å². The molecule has 0 bridgehead atoms. The summed E-state index contributed by atoms with van der Waals surface area (Å²) in [6.45, 7) is 0.425. The largest absolute Gasteiger partial charge is 0.352 e. The Bertz CT molecular complexity index is 969. The first kappa shape index (κ1) is 19.8. The summed E-state index contributed by atoms with van der Waals surface area (Å²) in [6.07, 6.45) is 3.34. The fraction of sp³-hybridized carbons (Fsp3) is 0.0952. The molecule has 0 aliphatic carbocycles. The van der Waals surface area contributed by atoms with Gasteiger partial charge in [0.1, 0.15) is 0 Å². The number of amides is 2. The molecule has 0 spiro atoms. The van der Waals surface area contributed by atoms with Gasteiger partial charge in [-0.25, -0.2) is 4.98 Å². The van der Waals surface area contributed by atoms with Gasteiger partial charge >= 0.3 is 0 Å². The number of thiazole rings is 1. The molecule has 142 valence electrons. The first-order valence-electron chi connectivity index (χ1n) is 8.58. The summed E-state index contributed by atoms with van der Waals surface area (Å²) in [4.78, 5) is 28.3. The number of anilines is 1. The van der Waals surface area contributed by atoms with Crippen molar-refractivity contribution in [3.05, 3.63) is 87.9 Å². The van der Waals surface area contributed by atoms with E-state index in [2.05, 4.69) is 15.6 Å². The molecule has 0 saturated carbocycles. The average Bonchev–Trinajstić information content (AvgIpc) is 3.13. The Morgan fingerprint density at radius 2 is 1.82 bits per heavy atom. The first-order chi connectivity index (χ1) is 13.6. The maximum atomic E-state index is 12.1. The lowest BCUT2D eigenvalue weighted by Crippen LogP contribution is -2.24. The Hall–Kier alpha value is -2.96. The molecule has 0 aliphatic heterocycles. The van der Waals surface area contributed by atoms with Crippen LogP contribution in [0.5, 0.6) is 0 Å². The molecule has 1 aromatic heterocycles. The van der Waals surface area contributed by atoms with E-state index in [1.54, 1.807) is 23.6 Å². The third-order valence-electron chi connectivity index (χ3n) is 3.75. The van der Waals surface area contributed by atoms with E-state index >= 15 is 0 Å². The number of nitrogens with one attached hydrogen (secondary N) is 2. The van der Waals surface area contributed by atoms with Crippen molar-refractivity contribution in [2.75, 3.05) is 5.32 Å². The van der Waals surface area contributed by atoms with Gasteiger partial charge in [-0.05, 0) is 29.3 Å². The van der Waals surface area contributed by atoms with E-state index in [1.807, 2.05) is 42.5 Å². The minimum atomic E-state index is -0.267. The maximum Gasteiger partial charge on any atom is 0.250 e. The third-order valence-corrected chi connectivity index (χ3v) is 4.81. The second-order valence-electron chi connectivity index (χ2n) is 5.96. The summed E-state index contributed by atoms with van der Waals surface area (Å²) < 4.78 is 0. The van der Waals surface area contributed by atoms with Crippen molar-refractivity contribution in [2.24, 2.45) is 0 Å². The smallest absolute Gasteiger partial charge is 0.250 e. The molecular weight excluding hydrogens is 394 g/mol. The predicted octanol–water partition coefficient (Wildman–Crippen LogP) is 4.31. The van der Waals surface area contributed by atoms with Crippen LogP contribution in [0.1, 0.15) is 16.8 Å². The zero-order valence-corrected chi connectivity index (χ0v) is 16.5. The van der Waals surface area contributed by atoms with Gasteiger partial charge in [0.2, 0.25) is 11.8 Å². The maximum absolute atomic E-state index is 12.1. The van der Waals surface area contributed by atoms with Gasteiger partial charge in [-0.3, -0.25) is 14.9 Å². The van der Waals surface area contributed by atoms with Crippen molar-refractivity contribution in [3.63, 3.8) is 0 Å². The number of hydrogen-bond acceptors (Lipinski definition) is 4. The van der Waals surface area contributed by atoms with Crippen LogP contribution >= 0.6 is 22.9 Å². The Labute approximate surface area is 172 Å². The number of carbonyl (C=O) groups is 2. The molecule has 0 radical (unpaired) electrons. The van der Waals surface area contributed by atoms with Crippen LogP contribution in [-0.4, -0.2) is 16.8 Å². The van der Waals surface area contributed by atoms with Gasteiger partial charge in [0.15, 0.2) is 5.13 Å². The van der Waals surface area contributed by atoms with Crippen LogP contribution in [0, 0.1) is 0 Å². The summed E-state index contributed by atoms with van der Waals surface area (Å²) in [5.74, 6) is -0.404. The molecular formula is C21H18ClN3O2S. The van der Waals surface area contributed by atoms with E-state index in [4.69, 9.17) is 11.6 Å². The van der Waals surface area contributed by atoms with Gasteiger partial charge < -0.3 is 5.32 Å². The average molecular weight is 412 g/mol. The molecule has 28 heavy (non-hydrogen) atoms. The van der Waals surface area contributed by atoms with Crippen molar-refractivity contribution in [3.8, 4) is 0 Å². The standard InChI is InChI=1S/C21H18ClN3O2S/c22-17-9-6-16(7-10-17)13-23-20(27)12-18-14-28-21(24-18)25-19(26)11-8-15-4-2-1-3-5-15/h1-11,14H,12-13H2,(H,23,27)(H,24,25,26)/b11-8+. The fourth-order valence-corrected chi connectivity index (χ4v) is 3.20. The second-order valence-corrected chi connectivity index (χ2v) is 7.25. The van der Waals surface area contributed by atoms with Gasteiger partial charge in [-0.1, -0.05) is 54.1 Å². The first-order valence-corrected chi connectivity index (χ1v) is 9.84. The Balaban J connectivity index is 1.46. The molecule has 3 aromatic rings. The molecule has 1 heterocycles. The lowest BCUT2D eigenvalue weighted by Gasteiger charge is -2.04. The molecule has 3 rings (SSSR count). The number of benzene rings is 2. The fourth-order valence-electron chi connectivity index (χ4n) is 2.36. The third kappa shape index (κ3) is 6.33. The van der Waals surface area contributed by atoms with Crippen LogP contribution in [0.4, 0.5) is 5.13 Å². The van der Waals surface area contributed by atoms with Gasteiger partial charge in [0.05, 0.1) is 12.1 Å². The summed E-state index contributed by atoms with van der Waals surface area (Å²) in [5.41, 5.74) is 2.52. The van der Waals surface area contributed by atoms with Crippen molar-refractivity contribution >= 4 is 46.0 Å². The van der Waals surface area contributed by atoms with Crippen LogP contribution < -0.4 is 10.6 Å². The van der Waals surface area contributed by atoms with Gasteiger partial charge in [0, 0.05) is 23.0 Å². The molecule has 0 unspecified atom stereocenters. The topological polar surface area (TPSA) is 71.1 Å². The molecule has 2 amide bonds. The normalized spacial score (nSPS) is 10.8. The minimum absolute atomic E-state index is 0.137. The van der Waals surface area contributed by atoms with E-state index in [9.17, 15) is 9.59 Å². The highest BCUT2D eigenvalue weighted by Gasteiger charge is 2.09. The lowest BCUT2D eigenvalue weighted by molar-refractivity contribution is -0.120. The highest BCUT2D eigenvalue weighted by molar-refractivity contribution is 7.14. The molecule has 0 saturated heterocycles. The van der Waals surface area contributed by atoms with E-state index < -0.39 is 0 Å². The number of halogens is 1. The summed E-state index contributed by atoms with van der Waals surface area (Å²) >= 11 is 7.13. The lowest BCUT2D eigenvalue weighted by atomic mass is 10.2. The number of rotatable bonds is 7. The van der Waals surface area contributed by atoms with Crippen LogP contribution in [0.2, 0.25) is 5.02 Å². The van der Waals surface area contributed by atoms with Gasteiger partial charge in [-0.15, -0.1) is 11.3 Å². The van der Waals surface area contributed by atoms with Crippen molar-refractivity contribution < 1.29 is 9.59 Å². The highest BCUT2D eigenvalue weighted by Crippen LogP contribution is 2.16. The number of aromatic nitrogens is 1. The van der Waals surface area contributed by atoms with Gasteiger partial charge in [0.25, 0.3) is 0 Å². The number of hydrogen-bond donors (Lipinski definition) is 2. The van der Waals surface area contributed by atoms with Gasteiger partial charge in [-0.2, -0.15) is 0 Å². The Morgan fingerprint density at radius 3 is 2.57 bits per heavy atom. The molecule has 7 heteroatoms. The Morgan fingerprint density at radius 1 is 1.07 bits per heavy atom. The Kier molecular flexibility index (Phi) is 6.94. The monoisotopic (exact) mass is 411 g/mol. The summed E-state index contributed by atoms with van der Waals surface area (Å²) in [5, 5.41) is 8.43. The molecule has 2 N–H and O–H groups in total. The number of nitrogens with zero attached hydrogens (tertiary/aromatic N) is 1. The quantitative estimate of drug-likeness (QED) is 0.569. The molecule has 2 aromatic carbocycles. The van der Waals surface area contributed by atoms with Crippen molar-refractivity contribution in [1.29, 1.82) is 0 Å². The molecule has 0 fully saturated rings. The summed E-state index contributed by atoms with van der Waals surface area (Å²) in [6, 6.07) is 16.8. The van der Waals surface area contributed by atoms with E-state index in [0.717, 1.165) is 11.1 Å². The zero-order chi connectivity index (χ0) is 19.8. The van der Waals surface area contributed by atoms with E-state index in [1.165, 1.54) is 17.4 Å². The molecule has 5 nitrogen and oxygen atoms in total. The SMILES string of the molecule is O=C(/C=C/c1ccccc1)Nc1nc(CC(=O)NCc2ccc(Cl)cc2)cs1. The predicted molar refractivity (Wildman–Crippen MR) is 113 cm³/mol.